The van der Waals surface area contributed by atoms with Gasteiger partial charge in [0.25, 0.3) is 5.56 Å². The molecule has 0 saturated heterocycles. The minimum Gasteiger partial charge on any atom is -0.489 e. The van der Waals surface area contributed by atoms with Crippen molar-refractivity contribution in [2.24, 2.45) is 5.73 Å². The quantitative estimate of drug-likeness (QED) is 0.270. The molecule has 8 heteroatoms. The second-order valence-corrected chi connectivity index (χ2v) is 11.1. The van der Waals surface area contributed by atoms with Crippen molar-refractivity contribution >= 4 is 28.8 Å². The third-order valence-electron chi connectivity index (χ3n) is 7.28. The summed E-state index contributed by atoms with van der Waals surface area (Å²) in [6, 6.07) is 38.8. The van der Waals surface area contributed by atoms with Crippen LogP contribution in [0.25, 0.3) is 17.5 Å². The lowest BCUT2D eigenvalue weighted by molar-refractivity contribution is 0.306. The molecule has 5 aromatic rings. The molecule has 0 amide bonds. The summed E-state index contributed by atoms with van der Waals surface area (Å²) in [6.07, 6.45) is 1.75. The molecule has 0 fully saturated rings. The van der Waals surface area contributed by atoms with Crippen molar-refractivity contribution in [3.05, 3.63) is 157 Å². The molecular formula is C36H26N4O3S. The van der Waals surface area contributed by atoms with Gasteiger partial charge in [-0.15, -0.1) is 11.3 Å². The van der Waals surface area contributed by atoms with Gasteiger partial charge in [-0.25, -0.2) is 0 Å². The van der Waals surface area contributed by atoms with Crippen LogP contribution in [0.5, 0.6) is 11.5 Å². The van der Waals surface area contributed by atoms with E-state index in [1.54, 1.807) is 18.2 Å². The lowest BCUT2D eigenvalue weighted by Gasteiger charge is -2.22. The average molecular weight is 595 g/mol. The molecule has 0 saturated carbocycles. The van der Waals surface area contributed by atoms with E-state index in [4.69, 9.17) is 15.2 Å². The fourth-order valence-electron chi connectivity index (χ4n) is 5.03. The van der Waals surface area contributed by atoms with Gasteiger partial charge < -0.3 is 15.2 Å². The van der Waals surface area contributed by atoms with Crippen molar-refractivity contribution in [1.82, 2.24) is 4.57 Å². The Morgan fingerprint density at radius 1 is 0.750 bits per heavy atom. The average Bonchev–Trinajstić information content (AvgIpc) is 3.40. The van der Waals surface area contributed by atoms with E-state index in [0.29, 0.717) is 45.0 Å². The van der Waals surface area contributed by atoms with E-state index in [1.807, 2.05) is 97.1 Å². The molecule has 0 bridgehead atoms. The summed E-state index contributed by atoms with van der Waals surface area (Å²) >= 11 is 1.18. The number of fused-ring (bicyclic) bond motifs is 1. The van der Waals surface area contributed by atoms with E-state index < -0.39 is 5.92 Å². The van der Waals surface area contributed by atoms with Crippen LogP contribution < -0.4 is 30.0 Å². The molecule has 6 rings (SSSR count). The first-order valence-corrected chi connectivity index (χ1v) is 14.7. The third kappa shape index (κ3) is 5.76. The van der Waals surface area contributed by atoms with Crippen LogP contribution in [0.2, 0.25) is 0 Å². The van der Waals surface area contributed by atoms with Crippen molar-refractivity contribution < 1.29 is 9.47 Å². The summed E-state index contributed by atoms with van der Waals surface area (Å²) in [6.45, 7) is 0.868. The summed E-state index contributed by atoms with van der Waals surface area (Å²) in [5.74, 6) is 0.684. The van der Waals surface area contributed by atoms with Crippen LogP contribution in [-0.2, 0) is 13.2 Å². The first-order valence-electron chi connectivity index (χ1n) is 13.9. The van der Waals surface area contributed by atoms with Gasteiger partial charge in [-0.1, -0.05) is 84.9 Å². The first-order chi connectivity index (χ1) is 21.6. The standard InChI is InChI=1S/C36H26N4O3S/c37-20-30-33(27-13-17-29(18-14-27)43-23-26-9-5-2-6-10-26)31(21-38)36-40(34(30)39)35(41)32(44-36)19-24-11-15-28(16-12-24)42-22-25-7-3-1-4-8-25/h1-19,33H,22-23,39H2/b32-19+/t33-/m0/s1. The normalized spacial score (nSPS) is 14.5. The van der Waals surface area contributed by atoms with Crippen LogP contribution in [0.1, 0.15) is 28.2 Å². The minimum absolute atomic E-state index is 0.0291. The number of hydrogen-bond donors (Lipinski definition) is 1. The molecule has 1 aliphatic heterocycles. The smallest absolute Gasteiger partial charge is 0.274 e. The molecule has 0 unspecified atom stereocenters. The molecule has 1 aromatic heterocycles. The minimum atomic E-state index is -0.708. The van der Waals surface area contributed by atoms with Gasteiger partial charge in [0.1, 0.15) is 35.2 Å². The molecule has 0 aliphatic carbocycles. The SMILES string of the molecule is N#CC1=C(N)n2c(s/c(=C/c3ccc(OCc4ccccc4)cc3)c2=O)=C(C#N)[C@H]1c1ccc(OCc2ccccc2)cc1. The fourth-order valence-corrected chi connectivity index (χ4v) is 6.16. The van der Waals surface area contributed by atoms with Crippen molar-refractivity contribution in [3.63, 3.8) is 0 Å². The number of nitriles is 2. The summed E-state index contributed by atoms with van der Waals surface area (Å²) in [5, 5.41) is 20.4. The summed E-state index contributed by atoms with van der Waals surface area (Å²) in [5.41, 5.74) is 10.1. The predicted octanol–water partition coefficient (Wildman–Crippen LogP) is 5.02. The maximum absolute atomic E-state index is 13.5. The fraction of sp³-hybridized carbons (Fsp3) is 0.0833. The largest absolute Gasteiger partial charge is 0.489 e. The zero-order valence-electron chi connectivity index (χ0n) is 23.5. The molecule has 0 radical (unpaired) electrons. The first kappa shape index (κ1) is 28.3. The Morgan fingerprint density at radius 2 is 1.27 bits per heavy atom. The van der Waals surface area contributed by atoms with Crippen LogP contribution in [-0.4, -0.2) is 4.57 Å². The van der Waals surface area contributed by atoms with Crippen molar-refractivity contribution in [2.75, 3.05) is 0 Å². The number of thiazole rings is 1. The van der Waals surface area contributed by atoms with Gasteiger partial charge in [0, 0.05) is 0 Å². The second kappa shape index (κ2) is 12.6. The predicted molar refractivity (Wildman–Crippen MR) is 171 cm³/mol. The van der Waals surface area contributed by atoms with E-state index in [2.05, 4.69) is 12.1 Å². The molecule has 2 heterocycles. The number of benzene rings is 4. The van der Waals surface area contributed by atoms with Gasteiger partial charge in [0.15, 0.2) is 0 Å². The Hall–Kier alpha value is -5.83. The van der Waals surface area contributed by atoms with Crippen molar-refractivity contribution in [3.8, 4) is 23.6 Å². The van der Waals surface area contributed by atoms with Crippen LogP contribution in [0, 0.1) is 22.7 Å². The molecule has 214 valence electrons. The Bertz CT molecular complexity index is 2100. The Kier molecular flexibility index (Phi) is 8.09. The summed E-state index contributed by atoms with van der Waals surface area (Å²) in [4.78, 5) is 13.5. The van der Waals surface area contributed by atoms with Gasteiger partial charge in [-0.05, 0) is 52.6 Å². The van der Waals surface area contributed by atoms with Gasteiger partial charge in [-0.3, -0.25) is 9.36 Å². The second-order valence-electron chi connectivity index (χ2n) is 10.1. The number of allylic oxidation sites excluding steroid dienone is 1. The van der Waals surface area contributed by atoms with Gasteiger partial charge in [0.2, 0.25) is 0 Å². The zero-order chi connectivity index (χ0) is 30.5. The van der Waals surface area contributed by atoms with Gasteiger partial charge in [0.05, 0.1) is 33.7 Å². The van der Waals surface area contributed by atoms with Crippen LogP contribution in [0.3, 0.4) is 0 Å². The Balaban J connectivity index is 1.30. The number of ether oxygens (including phenoxy) is 2. The topological polar surface area (TPSA) is 114 Å². The van der Waals surface area contributed by atoms with Crippen molar-refractivity contribution in [2.45, 2.75) is 19.1 Å². The van der Waals surface area contributed by atoms with Crippen LogP contribution >= 0.6 is 11.3 Å². The van der Waals surface area contributed by atoms with Crippen molar-refractivity contribution in [1.29, 1.82) is 10.5 Å². The van der Waals surface area contributed by atoms with E-state index in [9.17, 15) is 15.3 Å². The highest BCUT2D eigenvalue weighted by Gasteiger charge is 2.32. The number of rotatable bonds is 8. The summed E-state index contributed by atoms with van der Waals surface area (Å²) in [7, 11) is 0. The third-order valence-corrected chi connectivity index (χ3v) is 8.39. The molecule has 1 atom stereocenters. The number of aromatic nitrogens is 1. The zero-order valence-corrected chi connectivity index (χ0v) is 24.3. The number of nitrogens with zero attached hydrogens (tertiary/aromatic N) is 3. The van der Waals surface area contributed by atoms with Crippen LogP contribution in [0.15, 0.2) is 120 Å². The monoisotopic (exact) mass is 594 g/mol. The van der Waals surface area contributed by atoms with Gasteiger partial charge >= 0.3 is 0 Å². The highest BCUT2D eigenvalue weighted by Crippen LogP contribution is 2.36. The molecule has 1 aliphatic rings. The Labute approximate surface area is 257 Å². The summed E-state index contributed by atoms with van der Waals surface area (Å²) < 4.78 is 13.9. The lowest BCUT2D eigenvalue weighted by atomic mass is 9.84. The maximum atomic E-state index is 13.5. The highest BCUT2D eigenvalue weighted by molar-refractivity contribution is 7.07. The highest BCUT2D eigenvalue weighted by atomic mass is 32.1. The molecular weight excluding hydrogens is 568 g/mol. The number of nitrogens with two attached hydrogens (primary N) is 1. The Morgan fingerprint density at radius 3 is 1.80 bits per heavy atom. The molecule has 2 N–H and O–H groups in total. The molecule has 4 aromatic carbocycles. The number of hydrogen-bond acceptors (Lipinski definition) is 7. The van der Waals surface area contributed by atoms with E-state index >= 15 is 0 Å². The molecule has 44 heavy (non-hydrogen) atoms. The van der Waals surface area contributed by atoms with Gasteiger partial charge in [-0.2, -0.15) is 10.5 Å². The maximum Gasteiger partial charge on any atom is 0.274 e. The molecule has 0 spiro atoms. The molecule has 7 nitrogen and oxygen atoms in total. The lowest BCUT2D eigenvalue weighted by Crippen LogP contribution is -2.38. The van der Waals surface area contributed by atoms with Crippen LogP contribution in [0.4, 0.5) is 0 Å². The van der Waals surface area contributed by atoms with E-state index in [-0.39, 0.29) is 17.0 Å². The van der Waals surface area contributed by atoms with E-state index in [0.717, 1.165) is 16.7 Å². The van der Waals surface area contributed by atoms with E-state index in [1.165, 1.54) is 15.9 Å².